The predicted octanol–water partition coefficient (Wildman–Crippen LogP) is 2.34. The summed E-state index contributed by atoms with van der Waals surface area (Å²) in [5.74, 6) is 0. The van der Waals surface area contributed by atoms with Crippen LogP contribution in [0.15, 0.2) is 18.5 Å². The van der Waals surface area contributed by atoms with Crippen LogP contribution in [-0.2, 0) is 6.54 Å². The highest BCUT2D eigenvalue weighted by Gasteiger charge is 2.26. The maximum atomic E-state index is 9.33. The Morgan fingerprint density at radius 1 is 1.47 bits per heavy atom. The number of nitriles is 1. The van der Waals surface area contributed by atoms with Crippen LogP contribution in [0.2, 0.25) is 0 Å². The number of nitrogens with zero attached hydrogens (tertiary/aromatic N) is 3. The SMILES string of the molecule is CCCNC(C#N)(CC)CCCn1cccn1. The molecule has 1 heterocycles. The number of nitrogens with one attached hydrogen (secondary N) is 1. The largest absolute Gasteiger partial charge is 0.299 e. The quantitative estimate of drug-likeness (QED) is 0.751. The van der Waals surface area contributed by atoms with E-state index in [2.05, 4.69) is 30.3 Å². The van der Waals surface area contributed by atoms with Crippen molar-refractivity contribution in [2.75, 3.05) is 6.54 Å². The Morgan fingerprint density at radius 3 is 2.82 bits per heavy atom. The van der Waals surface area contributed by atoms with Crippen LogP contribution in [0.25, 0.3) is 0 Å². The standard InChI is InChI=1S/C13H22N4/c1-3-8-15-13(4-2,12-14)7-5-10-17-11-6-9-16-17/h6,9,11,15H,3-5,7-8,10H2,1-2H3. The maximum Gasteiger partial charge on any atom is 0.106 e. The molecule has 1 unspecified atom stereocenters. The molecule has 1 aromatic rings. The number of aromatic nitrogens is 2. The zero-order valence-corrected chi connectivity index (χ0v) is 10.8. The predicted molar refractivity (Wildman–Crippen MR) is 68.4 cm³/mol. The molecule has 17 heavy (non-hydrogen) atoms. The van der Waals surface area contributed by atoms with Crippen LogP contribution < -0.4 is 5.32 Å². The normalized spacial score (nSPS) is 14.2. The van der Waals surface area contributed by atoms with Gasteiger partial charge < -0.3 is 0 Å². The first-order valence-electron chi connectivity index (χ1n) is 6.40. The van der Waals surface area contributed by atoms with Crippen LogP contribution in [0, 0.1) is 11.3 Å². The molecule has 1 aromatic heterocycles. The number of aryl methyl sites for hydroxylation is 1. The first-order valence-corrected chi connectivity index (χ1v) is 6.40. The molecule has 0 saturated carbocycles. The molecule has 0 aliphatic heterocycles. The van der Waals surface area contributed by atoms with Crippen molar-refractivity contribution >= 4 is 0 Å². The fraction of sp³-hybridized carbons (Fsp3) is 0.692. The van der Waals surface area contributed by atoms with Crippen molar-refractivity contribution in [3.8, 4) is 6.07 Å². The van der Waals surface area contributed by atoms with Gasteiger partial charge in [-0.1, -0.05) is 13.8 Å². The monoisotopic (exact) mass is 234 g/mol. The van der Waals surface area contributed by atoms with E-state index in [0.29, 0.717) is 0 Å². The van der Waals surface area contributed by atoms with E-state index in [0.717, 1.165) is 38.8 Å². The molecule has 0 spiro atoms. The zero-order chi connectivity index (χ0) is 12.6. The maximum absolute atomic E-state index is 9.33. The van der Waals surface area contributed by atoms with Crippen molar-refractivity contribution < 1.29 is 0 Å². The molecule has 0 bridgehead atoms. The lowest BCUT2D eigenvalue weighted by atomic mass is 9.92. The lowest BCUT2D eigenvalue weighted by Crippen LogP contribution is -2.43. The van der Waals surface area contributed by atoms with E-state index >= 15 is 0 Å². The van der Waals surface area contributed by atoms with E-state index < -0.39 is 0 Å². The molecule has 1 atom stereocenters. The average Bonchev–Trinajstić information content (AvgIpc) is 2.87. The minimum atomic E-state index is -0.358. The summed E-state index contributed by atoms with van der Waals surface area (Å²) in [6.07, 6.45) is 7.50. The molecule has 1 N–H and O–H groups in total. The van der Waals surface area contributed by atoms with Gasteiger partial charge in [-0.05, 0) is 38.3 Å². The Bertz CT molecular complexity index is 339. The first kappa shape index (κ1) is 13.7. The average molecular weight is 234 g/mol. The molecule has 4 nitrogen and oxygen atoms in total. The van der Waals surface area contributed by atoms with Crippen LogP contribution in [0.4, 0.5) is 0 Å². The third-order valence-electron chi connectivity index (χ3n) is 3.08. The van der Waals surface area contributed by atoms with Gasteiger partial charge in [-0.2, -0.15) is 10.4 Å². The Morgan fingerprint density at radius 2 is 2.29 bits per heavy atom. The smallest absolute Gasteiger partial charge is 0.106 e. The summed E-state index contributed by atoms with van der Waals surface area (Å²) in [6, 6.07) is 4.36. The van der Waals surface area contributed by atoms with Gasteiger partial charge in [0.15, 0.2) is 0 Å². The number of hydrogen-bond donors (Lipinski definition) is 1. The van der Waals surface area contributed by atoms with Crippen LogP contribution in [0.3, 0.4) is 0 Å². The van der Waals surface area contributed by atoms with Crippen LogP contribution in [0.5, 0.6) is 0 Å². The Kier molecular flexibility index (Phi) is 5.71. The summed E-state index contributed by atoms with van der Waals surface area (Å²) in [5.41, 5.74) is -0.358. The second-order valence-corrected chi connectivity index (χ2v) is 4.35. The number of hydrogen-bond acceptors (Lipinski definition) is 3. The highest BCUT2D eigenvalue weighted by atomic mass is 15.3. The minimum Gasteiger partial charge on any atom is -0.299 e. The molecule has 0 aromatic carbocycles. The second-order valence-electron chi connectivity index (χ2n) is 4.35. The van der Waals surface area contributed by atoms with Gasteiger partial charge in [-0.3, -0.25) is 10.00 Å². The molecule has 94 valence electrons. The second kappa shape index (κ2) is 7.08. The minimum absolute atomic E-state index is 0.358. The Labute approximate surface area is 104 Å². The molecule has 0 aliphatic carbocycles. The van der Waals surface area contributed by atoms with Crippen molar-refractivity contribution in [2.24, 2.45) is 0 Å². The highest BCUT2D eigenvalue weighted by molar-refractivity contribution is 5.06. The van der Waals surface area contributed by atoms with Gasteiger partial charge in [-0.25, -0.2) is 0 Å². The highest BCUT2D eigenvalue weighted by Crippen LogP contribution is 2.17. The van der Waals surface area contributed by atoms with Gasteiger partial charge in [-0.15, -0.1) is 0 Å². The van der Waals surface area contributed by atoms with Gasteiger partial charge in [0.25, 0.3) is 0 Å². The van der Waals surface area contributed by atoms with Gasteiger partial charge in [0.2, 0.25) is 0 Å². The molecule has 0 aliphatic rings. The van der Waals surface area contributed by atoms with E-state index in [1.54, 1.807) is 6.20 Å². The molecule has 0 amide bonds. The summed E-state index contributed by atoms with van der Waals surface area (Å²) in [4.78, 5) is 0. The summed E-state index contributed by atoms with van der Waals surface area (Å²) in [6.45, 7) is 5.97. The fourth-order valence-corrected chi connectivity index (χ4v) is 1.90. The van der Waals surface area contributed by atoms with Crippen molar-refractivity contribution in [1.82, 2.24) is 15.1 Å². The Hall–Kier alpha value is -1.34. The molecular formula is C13H22N4. The summed E-state index contributed by atoms with van der Waals surface area (Å²) >= 11 is 0. The zero-order valence-electron chi connectivity index (χ0n) is 10.8. The molecule has 1 rings (SSSR count). The first-order chi connectivity index (χ1) is 8.26. The molecular weight excluding hydrogens is 212 g/mol. The van der Waals surface area contributed by atoms with Gasteiger partial charge >= 0.3 is 0 Å². The molecule has 0 radical (unpaired) electrons. The van der Waals surface area contributed by atoms with Gasteiger partial charge in [0.1, 0.15) is 5.54 Å². The van der Waals surface area contributed by atoms with Crippen molar-refractivity contribution in [1.29, 1.82) is 5.26 Å². The van der Waals surface area contributed by atoms with E-state index in [-0.39, 0.29) is 5.54 Å². The van der Waals surface area contributed by atoms with E-state index in [9.17, 15) is 5.26 Å². The molecule has 0 fully saturated rings. The van der Waals surface area contributed by atoms with E-state index in [1.165, 1.54) is 0 Å². The third kappa shape index (κ3) is 4.20. The molecule has 0 saturated heterocycles. The molecule has 4 heteroatoms. The third-order valence-corrected chi connectivity index (χ3v) is 3.08. The number of rotatable bonds is 8. The van der Waals surface area contributed by atoms with E-state index in [4.69, 9.17) is 0 Å². The lowest BCUT2D eigenvalue weighted by molar-refractivity contribution is 0.352. The van der Waals surface area contributed by atoms with Gasteiger partial charge in [0, 0.05) is 18.9 Å². The summed E-state index contributed by atoms with van der Waals surface area (Å²) < 4.78 is 1.91. The van der Waals surface area contributed by atoms with E-state index in [1.807, 2.05) is 16.9 Å². The van der Waals surface area contributed by atoms with Crippen molar-refractivity contribution in [2.45, 2.75) is 51.6 Å². The Balaban J connectivity index is 2.41. The van der Waals surface area contributed by atoms with Crippen LogP contribution >= 0.6 is 0 Å². The van der Waals surface area contributed by atoms with Crippen molar-refractivity contribution in [3.63, 3.8) is 0 Å². The summed E-state index contributed by atoms with van der Waals surface area (Å²) in [5, 5.41) is 16.9. The summed E-state index contributed by atoms with van der Waals surface area (Å²) in [7, 11) is 0. The van der Waals surface area contributed by atoms with Crippen LogP contribution in [0.1, 0.15) is 39.5 Å². The topological polar surface area (TPSA) is 53.6 Å². The van der Waals surface area contributed by atoms with Crippen molar-refractivity contribution in [3.05, 3.63) is 18.5 Å². The van der Waals surface area contributed by atoms with Gasteiger partial charge in [0.05, 0.1) is 6.07 Å². The fourth-order valence-electron chi connectivity index (χ4n) is 1.90. The van der Waals surface area contributed by atoms with Crippen LogP contribution in [-0.4, -0.2) is 21.9 Å². The lowest BCUT2D eigenvalue weighted by Gasteiger charge is -2.26.